The van der Waals surface area contributed by atoms with E-state index in [1.807, 2.05) is 6.07 Å². The third kappa shape index (κ3) is 6.43. The fourth-order valence-corrected chi connectivity index (χ4v) is 3.86. The maximum atomic E-state index is 14.0. The van der Waals surface area contributed by atoms with Gasteiger partial charge >= 0.3 is 0 Å². The van der Waals surface area contributed by atoms with Crippen LogP contribution in [0.5, 0.6) is 0 Å². The highest BCUT2D eigenvalue weighted by Gasteiger charge is 2.20. The van der Waals surface area contributed by atoms with E-state index in [0.29, 0.717) is 29.7 Å². The molecule has 0 aliphatic carbocycles. The number of likely N-dealkylation sites (tertiary alicyclic amines) is 1. The molecule has 2 heterocycles. The van der Waals surface area contributed by atoms with Crippen molar-refractivity contribution in [2.24, 2.45) is 4.99 Å². The first kappa shape index (κ1) is 22.6. The molecule has 2 aromatic rings. The first-order valence-corrected chi connectivity index (χ1v) is 10.0. The Morgan fingerprint density at radius 1 is 1.36 bits per heavy atom. The Hall–Kier alpha value is -1.70. The number of nitriles is 1. The van der Waals surface area contributed by atoms with Crippen molar-refractivity contribution < 1.29 is 4.39 Å². The van der Waals surface area contributed by atoms with Gasteiger partial charge in [-0.1, -0.05) is 6.07 Å². The number of rotatable bonds is 5. The number of benzene rings is 1. The summed E-state index contributed by atoms with van der Waals surface area (Å²) in [6.07, 6.45) is 2.10. The summed E-state index contributed by atoms with van der Waals surface area (Å²) in [6, 6.07) is 9.01. The summed E-state index contributed by atoms with van der Waals surface area (Å²) in [5.74, 6) is 0.300. The van der Waals surface area contributed by atoms with Gasteiger partial charge in [0.25, 0.3) is 0 Å². The molecule has 0 bridgehead atoms. The molecule has 1 aliphatic heterocycles. The molecule has 0 saturated carbocycles. The van der Waals surface area contributed by atoms with Gasteiger partial charge in [-0.25, -0.2) is 4.39 Å². The fourth-order valence-electron chi connectivity index (χ4n) is 3.20. The molecule has 0 radical (unpaired) electrons. The van der Waals surface area contributed by atoms with Crippen molar-refractivity contribution in [3.8, 4) is 6.07 Å². The SMILES string of the molecule is CN=C(NCc1ccc(C#N)cc1F)NC1CCN(Cc2ccsc2)CC1.I. The molecule has 0 spiro atoms. The number of halogens is 2. The average molecular weight is 513 g/mol. The van der Waals surface area contributed by atoms with Crippen LogP contribution in [0.4, 0.5) is 4.39 Å². The highest BCUT2D eigenvalue weighted by atomic mass is 127. The normalized spacial score (nSPS) is 15.5. The van der Waals surface area contributed by atoms with Crippen LogP contribution in [0.1, 0.15) is 29.5 Å². The van der Waals surface area contributed by atoms with E-state index in [1.165, 1.54) is 11.6 Å². The average Bonchev–Trinajstić information content (AvgIpc) is 3.20. The monoisotopic (exact) mass is 513 g/mol. The van der Waals surface area contributed by atoms with Crippen LogP contribution in [0.15, 0.2) is 40.0 Å². The van der Waals surface area contributed by atoms with E-state index in [0.717, 1.165) is 32.5 Å². The van der Waals surface area contributed by atoms with Gasteiger partial charge in [-0.05, 0) is 47.4 Å². The van der Waals surface area contributed by atoms with Gasteiger partial charge in [-0.3, -0.25) is 9.89 Å². The van der Waals surface area contributed by atoms with Crippen molar-refractivity contribution >= 4 is 41.3 Å². The molecule has 2 N–H and O–H groups in total. The van der Waals surface area contributed by atoms with Crippen LogP contribution in [0.25, 0.3) is 0 Å². The molecule has 3 rings (SSSR count). The van der Waals surface area contributed by atoms with Crippen molar-refractivity contribution in [3.63, 3.8) is 0 Å². The van der Waals surface area contributed by atoms with Crippen molar-refractivity contribution in [3.05, 3.63) is 57.5 Å². The molecular weight excluding hydrogens is 488 g/mol. The zero-order valence-corrected chi connectivity index (χ0v) is 19.0. The highest BCUT2D eigenvalue weighted by Crippen LogP contribution is 2.15. The van der Waals surface area contributed by atoms with Crippen LogP contribution in [-0.4, -0.2) is 37.0 Å². The van der Waals surface area contributed by atoms with E-state index >= 15 is 0 Å². The Bertz CT molecular complexity index is 810. The predicted octanol–water partition coefficient (Wildman–Crippen LogP) is 3.71. The van der Waals surface area contributed by atoms with Crippen LogP contribution in [-0.2, 0) is 13.1 Å². The highest BCUT2D eigenvalue weighted by molar-refractivity contribution is 14.0. The van der Waals surface area contributed by atoms with E-state index in [2.05, 4.69) is 37.4 Å². The minimum atomic E-state index is -0.376. The molecule has 0 amide bonds. The maximum Gasteiger partial charge on any atom is 0.191 e. The third-order valence-electron chi connectivity index (χ3n) is 4.77. The Labute approximate surface area is 186 Å². The summed E-state index contributed by atoms with van der Waals surface area (Å²) < 4.78 is 14.0. The molecular formula is C20H25FIN5S. The minimum Gasteiger partial charge on any atom is -0.354 e. The molecule has 28 heavy (non-hydrogen) atoms. The third-order valence-corrected chi connectivity index (χ3v) is 5.50. The number of hydrogen-bond acceptors (Lipinski definition) is 4. The number of hydrogen-bond donors (Lipinski definition) is 2. The zero-order valence-electron chi connectivity index (χ0n) is 15.8. The number of guanidine groups is 1. The van der Waals surface area contributed by atoms with Crippen LogP contribution >= 0.6 is 35.3 Å². The Morgan fingerprint density at radius 2 is 2.14 bits per heavy atom. The van der Waals surface area contributed by atoms with E-state index in [4.69, 9.17) is 5.26 Å². The maximum absolute atomic E-state index is 14.0. The van der Waals surface area contributed by atoms with Crippen LogP contribution < -0.4 is 10.6 Å². The predicted molar refractivity (Wildman–Crippen MR) is 122 cm³/mol. The summed E-state index contributed by atoms with van der Waals surface area (Å²) in [6.45, 7) is 3.44. The molecule has 5 nitrogen and oxygen atoms in total. The number of aliphatic imine (C=N–C) groups is 1. The van der Waals surface area contributed by atoms with Crippen LogP contribution in [0.2, 0.25) is 0 Å². The fraction of sp³-hybridized carbons (Fsp3) is 0.400. The van der Waals surface area contributed by atoms with Gasteiger partial charge in [0.15, 0.2) is 5.96 Å². The Kier molecular flexibility index (Phi) is 9.15. The van der Waals surface area contributed by atoms with Gasteiger partial charge in [0.2, 0.25) is 0 Å². The number of piperidine rings is 1. The van der Waals surface area contributed by atoms with Gasteiger partial charge in [0, 0.05) is 44.8 Å². The van der Waals surface area contributed by atoms with Gasteiger partial charge < -0.3 is 10.6 Å². The topological polar surface area (TPSA) is 63.5 Å². The van der Waals surface area contributed by atoms with Gasteiger partial charge in [-0.15, -0.1) is 24.0 Å². The summed E-state index contributed by atoms with van der Waals surface area (Å²) in [4.78, 5) is 6.72. The zero-order chi connectivity index (χ0) is 19.1. The second-order valence-corrected chi connectivity index (χ2v) is 7.45. The number of nitrogens with one attached hydrogen (secondary N) is 2. The van der Waals surface area contributed by atoms with Crippen molar-refractivity contribution in [1.82, 2.24) is 15.5 Å². The lowest BCUT2D eigenvalue weighted by atomic mass is 10.0. The van der Waals surface area contributed by atoms with Crippen molar-refractivity contribution in [1.29, 1.82) is 5.26 Å². The molecule has 1 aromatic heterocycles. The van der Waals surface area contributed by atoms with E-state index in [1.54, 1.807) is 30.5 Å². The summed E-state index contributed by atoms with van der Waals surface area (Å²) in [5.41, 5.74) is 2.23. The molecule has 0 atom stereocenters. The van der Waals surface area contributed by atoms with Crippen molar-refractivity contribution in [2.75, 3.05) is 20.1 Å². The molecule has 1 saturated heterocycles. The van der Waals surface area contributed by atoms with Crippen LogP contribution in [0.3, 0.4) is 0 Å². The molecule has 0 unspecified atom stereocenters. The van der Waals surface area contributed by atoms with Gasteiger partial charge in [-0.2, -0.15) is 16.6 Å². The molecule has 1 aliphatic rings. The lowest BCUT2D eigenvalue weighted by Crippen LogP contribution is -2.48. The molecule has 8 heteroatoms. The molecule has 1 fully saturated rings. The second kappa shape index (κ2) is 11.3. The number of nitrogens with zero attached hydrogens (tertiary/aromatic N) is 3. The first-order valence-electron chi connectivity index (χ1n) is 9.07. The summed E-state index contributed by atoms with van der Waals surface area (Å²) in [5, 5.41) is 19.7. The van der Waals surface area contributed by atoms with E-state index in [-0.39, 0.29) is 29.8 Å². The summed E-state index contributed by atoms with van der Waals surface area (Å²) in [7, 11) is 1.72. The Balaban J connectivity index is 0.00000280. The Morgan fingerprint density at radius 3 is 2.75 bits per heavy atom. The molecule has 150 valence electrons. The van der Waals surface area contributed by atoms with Gasteiger partial charge in [0.1, 0.15) is 5.82 Å². The van der Waals surface area contributed by atoms with Gasteiger partial charge in [0.05, 0.1) is 11.6 Å². The largest absolute Gasteiger partial charge is 0.354 e. The second-order valence-electron chi connectivity index (χ2n) is 6.67. The van der Waals surface area contributed by atoms with Crippen molar-refractivity contribution in [2.45, 2.75) is 32.0 Å². The minimum absolute atomic E-state index is 0. The standard InChI is InChI=1S/C20H24FN5S.HI/c1-23-20(24-12-17-3-2-15(11-22)10-19(17)21)25-18-4-7-26(8-5-18)13-16-6-9-27-14-16;/h2-3,6,9-10,14,18H,4-5,7-8,12-13H2,1H3,(H2,23,24,25);1H. The lowest BCUT2D eigenvalue weighted by Gasteiger charge is -2.33. The van der Waals surface area contributed by atoms with E-state index < -0.39 is 0 Å². The smallest absolute Gasteiger partial charge is 0.191 e. The summed E-state index contributed by atoms with van der Waals surface area (Å²) >= 11 is 1.74. The number of thiophene rings is 1. The van der Waals surface area contributed by atoms with E-state index in [9.17, 15) is 4.39 Å². The van der Waals surface area contributed by atoms with Crippen LogP contribution in [0, 0.1) is 17.1 Å². The first-order chi connectivity index (χ1) is 13.2. The molecule has 1 aromatic carbocycles. The quantitative estimate of drug-likeness (QED) is 0.364. The lowest BCUT2D eigenvalue weighted by molar-refractivity contribution is 0.198.